The van der Waals surface area contributed by atoms with Gasteiger partial charge < -0.3 is 5.32 Å². The number of nitrogens with zero attached hydrogens (tertiary/aromatic N) is 1. The second-order valence-corrected chi connectivity index (χ2v) is 8.54. The Hall–Kier alpha value is -1.63. The van der Waals surface area contributed by atoms with Crippen molar-refractivity contribution >= 4 is 21.6 Å². The van der Waals surface area contributed by atoms with Gasteiger partial charge in [-0.15, -0.1) is 0 Å². The van der Waals surface area contributed by atoms with E-state index in [2.05, 4.69) is 19.2 Å². The number of nitrogens with one attached hydrogen (secondary N) is 1. The van der Waals surface area contributed by atoms with Gasteiger partial charge in [0.1, 0.15) is 5.82 Å². The average molecular weight is 387 g/mol. The number of carbonyl (C=O) groups excluding carboxylic acids is 1. The molecule has 0 fully saturated rings. The zero-order valence-corrected chi connectivity index (χ0v) is 16.8. The molecule has 0 aromatic heterocycles. The van der Waals surface area contributed by atoms with Crippen molar-refractivity contribution in [3.05, 3.63) is 30.1 Å². The maximum Gasteiger partial charge on any atom is 0.232 e. The van der Waals surface area contributed by atoms with Crippen LogP contribution in [0.4, 0.5) is 10.1 Å². The first kappa shape index (κ1) is 22.4. The summed E-state index contributed by atoms with van der Waals surface area (Å²) in [5.41, 5.74) is 0.403. The number of benzene rings is 1. The molecule has 26 heavy (non-hydrogen) atoms. The number of amides is 1. The second kappa shape index (κ2) is 11.2. The number of rotatable bonds is 12. The van der Waals surface area contributed by atoms with Crippen LogP contribution in [0.15, 0.2) is 24.3 Å². The van der Waals surface area contributed by atoms with Crippen LogP contribution in [0.5, 0.6) is 0 Å². The summed E-state index contributed by atoms with van der Waals surface area (Å²) in [6.07, 6.45) is 6.23. The topological polar surface area (TPSA) is 66.5 Å². The molecule has 0 spiro atoms. The van der Waals surface area contributed by atoms with E-state index in [0.717, 1.165) is 31.9 Å². The summed E-state index contributed by atoms with van der Waals surface area (Å²) in [5, 5.41) is 2.95. The van der Waals surface area contributed by atoms with Crippen LogP contribution in [0.3, 0.4) is 0 Å². The third kappa shape index (κ3) is 8.17. The monoisotopic (exact) mass is 386 g/mol. The quantitative estimate of drug-likeness (QED) is 0.595. The van der Waals surface area contributed by atoms with E-state index >= 15 is 0 Å². The Bertz CT molecular complexity index is 647. The van der Waals surface area contributed by atoms with Gasteiger partial charge in [0.2, 0.25) is 15.9 Å². The van der Waals surface area contributed by atoms with Gasteiger partial charge in [-0.05, 0) is 43.0 Å². The van der Waals surface area contributed by atoms with E-state index in [-0.39, 0.29) is 18.9 Å². The Morgan fingerprint density at radius 3 is 2.38 bits per heavy atom. The highest BCUT2D eigenvalue weighted by Gasteiger charge is 2.17. The molecule has 0 saturated heterocycles. The molecule has 1 atom stereocenters. The zero-order chi connectivity index (χ0) is 19.6. The lowest BCUT2D eigenvalue weighted by Gasteiger charge is -2.22. The molecule has 0 bridgehead atoms. The molecule has 0 heterocycles. The van der Waals surface area contributed by atoms with Crippen LogP contribution in [-0.4, -0.2) is 33.7 Å². The molecular weight excluding hydrogens is 355 g/mol. The minimum Gasteiger partial charge on any atom is -0.356 e. The molecule has 148 valence electrons. The van der Waals surface area contributed by atoms with E-state index in [9.17, 15) is 17.6 Å². The van der Waals surface area contributed by atoms with Crippen LogP contribution in [-0.2, 0) is 14.8 Å². The molecule has 1 N–H and O–H groups in total. The Morgan fingerprint density at radius 1 is 1.19 bits per heavy atom. The summed E-state index contributed by atoms with van der Waals surface area (Å²) in [7, 11) is -3.49. The molecule has 0 unspecified atom stereocenters. The smallest absolute Gasteiger partial charge is 0.232 e. The largest absolute Gasteiger partial charge is 0.356 e. The Labute approximate surface area is 157 Å². The first-order valence-electron chi connectivity index (χ1n) is 9.27. The van der Waals surface area contributed by atoms with E-state index in [4.69, 9.17) is 0 Å². The molecule has 1 amide bonds. The first-order valence-corrected chi connectivity index (χ1v) is 11.1. The SMILES string of the molecule is CCCC[C@H](CC)CNC(=O)CCCN(c1ccc(F)cc1)S(C)(=O)=O. The van der Waals surface area contributed by atoms with Gasteiger partial charge in [0.15, 0.2) is 0 Å². The normalized spacial score (nSPS) is 12.6. The van der Waals surface area contributed by atoms with Crippen LogP contribution < -0.4 is 9.62 Å². The van der Waals surface area contributed by atoms with Gasteiger partial charge in [-0.2, -0.15) is 0 Å². The van der Waals surface area contributed by atoms with E-state index in [0.29, 0.717) is 24.6 Å². The number of halogens is 1. The Balaban J connectivity index is 2.49. The van der Waals surface area contributed by atoms with Gasteiger partial charge in [0.25, 0.3) is 0 Å². The van der Waals surface area contributed by atoms with Crippen molar-refractivity contribution in [2.45, 2.75) is 52.4 Å². The highest BCUT2D eigenvalue weighted by atomic mass is 32.2. The molecule has 0 aliphatic heterocycles. The molecule has 1 aromatic carbocycles. The fourth-order valence-corrected chi connectivity index (χ4v) is 3.73. The summed E-state index contributed by atoms with van der Waals surface area (Å²) < 4.78 is 38.2. The van der Waals surface area contributed by atoms with Gasteiger partial charge in [-0.25, -0.2) is 12.8 Å². The minimum atomic E-state index is -3.49. The van der Waals surface area contributed by atoms with Gasteiger partial charge in [-0.1, -0.05) is 33.1 Å². The molecule has 0 aliphatic carbocycles. The van der Waals surface area contributed by atoms with Crippen molar-refractivity contribution in [1.82, 2.24) is 5.32 Å². The number of carbonyl (C=O) groups is 1. The van der Waals surface area contributed by atoms with Gasteiger partial charge >= 0.3 is 0 Å². The molecular formula is C19H31FN2O3S. The van der Waals surface area contributed by atoms with Crippen molar-refractivity contribution in [2.24, 2.45) is 5.92 Å². The summed E-state index contributed by atoms with van der Waals surface area (Å²) in [6, 6.07) is 5.30. The minimum absolute atomic E-state index is 0.0625. The maximum atomic E-state index is 13.0. The predicted molar refractivity (Wildman–Crippen MR) is 104 cm³/mol. The van der Waals surface area contributed by atoms with Crippen molar-refractivity contribution in [3.63, 3.8) is 0 Å². The van der Waals surface area contributed by atoms with Crippen LogP contribution in [0, 0.1) is 11.7 Å². The lowest BCUT2D eigenvalue weighted by molar-refractivity contribution is -0.121. The van der Waals surface area contributed by atoms with E-state index in [1.165, 1.54) is 28.6 Å². The van der Waals surface area contributed by atoms with Crippen molar-refractivity contribution in [1.29, 1.82) is 0 Å². The molecule has 5 nitrogen and oxygen atoms in total. The zero-order valence-electron chi connectivity index (χ0n) is 16.0. The molecule has 0 radical (unpaired) electrons. The first-order chi connectivity index (χ1) is 12.3. The summed E-state index contributed by atoms with van der Waals surface area (Å²) in [5.74, 6) is 0.00766. The fraction of sp³-hybridized carbons (Fsp3) is 0.632. The number of unbranched alkanes of at least 4 members (excludes halogenated alkanes) is 1. The standard InChI is InChI=1S/C19H31FN2O3S/c1-4-6-8-16(5-2)15-21-19(23)9-7-14-22(26(3,24)25)18-12-10-17(20)11-13-18/h10-13,16H,4-9,14-15H2,1-3H3,(H,21,23)/t16-/m0/s1. The Morgan fingerprint density at radius 2 is 1.85 bits per heavy atom. The van der Waals surface area contributed by atoms with Crippen LogP contribution in [0.2, 0.25) is 0 Å². The molecule has 0 saturated carbocycles. The summed E-state index contributed by atoms with van der Waals surface area (Å²) in [4.78, 5) is 12.0. The molecule has 0 aliphatic rings. The predicted octanol–water partition coefficient (Wildman–Crippen LogP) is 3.70. The highest BCUT2D eigenvalue weighted by Crippen LogP contribution is 2.18. The summed E-state index contributed by atoms with van der Waals surface area (Å²) >= 11 is 0. The van der Waals surface area contributed by atoms with Gasteiger partial charge in [0.05, 0.1) is 11.9 Å². The van der Waals surface area contributed by atoms with Gasteiger partial charge in [0, 0.05) is 19.5 Å². The van der Waals surface area contributed by atoms with Crippen LogP contribution in [0.25, 0.3) is 0 Å². The number of hydrogen-bond acceptors (Lipinski definition) is 3. The van der Waals surface area contributed by atoms with Crippen LogP contribution >= 0.6 is 0 Å². The number of anilines is 1. The lowest BCUT2D eigenvalue weighted by atomic mass is 9.99. The van der Waals surface area contributed by atoms with Gasteiger partial charge in [-0.3, -0.25) is 9.10 Å². The van der Waals surface area contributed by atoms with Crippen LogP contribution in [0.1, 0.15) is 52.4 Å². The van der Waals surface area contributed by atoms with E-state index in [1.54, 1.807) is 0 Å². The van der Waals surface area contributed by atoms with Crippen molar-refractivity contribution in [3.8, 4) is 0 Å². The lowest BCUT2D eigenvalue weighted by Crippen LogP contribution is -2.33. The van der Waals surface area contributed by atoms with Crippen molar-refractivity contribution < 1.29 is 17.6 Å². The third-order valence-corrected chi connectivity index (χ3v) is 5.61. The number of hydrogen-bond donors (Lipinski definition) is 1. The highest BCUT2D eigenvalue weighted by molar-refractivity contribution is 7.92. The maximum absolute atomic E-state index is 13.0. The Kier molecular flexibility index (Phi) is 9.62. The number of sulfonamides is 1. The average Bonchev–Trinajstić information content (AvgIpc) is 2.59. The summed E-state index contributed by atoms with van der Waals surface area (Å²) in [6.45, 7) is 5.13. The van der Waals surface area contributed by atoms with E-state index < -0.39 is 15.8 Å². The van der Waals surface area contributed by atoms with Crippen molar-refractivity contribution in [2.75, 3.05) is 23.7 Å². The molecule has 1 aromatic rings. The molecule has 1 rings (SSSR count). The fourth-order valence-electron chi connectivity index (χ4n) is 2.77. The second-order valence-electron chi connectivity index (χ2n) is 6.64. The third-order valence-electron chi connectivity index (χ3n) is 4.41. The molecule has 7 heteroatoms. The van der Waals surface area contributed by atoms with E-state index in [1.807, 2.05) is 0 Å².